The Balaban J connectivity index is 2.09. The first-order chi connectivity index (χ1) is 10.2. The lowest BCUT2D eigenvalue weighted by Gasteiger charge is -2.32. The van der Waals surface area contributed by atoms with Crippen molar-refractivity contribution in [3.63, 3.8) is 0 Å². The van der Waals surface area contributed by atoms with Crippen molar-refractivity contribution < 1.29 is 15.0 Å². The van der Waals surface area contributed by atoms with Crippen molar-refractivity contribution >= 4 is 17.2 Å². The molecule has 4 nitrogen and oxygen atoms in total. The van der Waals surface area contributed by atoms with Gasteiger partial charge in [-0.3, -0.25) is 4.79 Å². The van der Waals surface area contributed by atoms with Crippen LogP contribution in [0.4, 0.5) is 0 Å². The number of aliphatic hydroxyl groups excluding tert-OH is 2. The summed E-state index contributed by atoms with van der Waals surface area (Å²) in [6, 6.07) is 1.88. The molecule has 1 amide bonds. The van der Waals surface area contributed by atoms with E-state index in [1.54, 1.807) is 0 Å². The number of nitrogens with zero attached hydrogens (tertiary/aromatic N) is 1. The minimum Gasteiger partial charge on any atom is -0.396 e. The number of amides is 1. The van der Waals surface area contributed by atoms with Crippen LogP contribution < -0.4 is 0 Å². The lowest BCUT2D eigenvalue weighted by atomic mass is 9.95. The Labute approximate surface area is 129 Å². The van der Waals surface area contributed by atoms with E-state index in [9.17, 15) is 4.79 Å². The summed E-state index contributed by atoms with van der Waals surface area (Å²) in [7, 11) is 0. The van der Waals surface area contributed by atoms with Crippen LogP contribution in [-0.2, 0) is 0 Å². The van der Waals surface area contributed by atoms with Crippen molar-refractivity contribution in [2.45, 2.75) is 26.2 Å². The predicted octanol–water partition coefficient (Wildman–Crippen LogP) is 1.63. The van der Waals surface area contributed by atoms with Gasteiger partial charge >= 0.3 is 0 Å². The van der Waals surface area contributed by atoms with Crippen LogP contribution in [0.5, 0.6) is 0 Å². The summed E-state index contributed by atoms with van der Waals surface area (Å²) in [5, 5.41) is 17.8. The van der Waals surface area contributed by atoms with Crippen LogP contribution in [0.25, 0.3) is 0 Å². The van der Waals surface area contributed by atoms with Gasteiger partial charge in [0.2, 0.25) is 0 Å². The number of aryl methyl sites for hydroxylation is 1. The Hall–Kier alpha value is -1.35. The van der Waals surface area contributed by atoms with Gasteiger partial charge in [-0.05, 0) is 43.7 Å². The van der Waals surface area contributed by atoms with Gasteiger partial charge in [0.15, 0.2) is 0 Å². The SMILES string of the molecule is Cc1cc(C(=O)N2CCCC(CCO)C2)sc1C#CCO. The normalized spacial score (nSPS) is 18.2. The molecule has 1 saturated heterocycles. The van der Waals surface area contributed by atoms with Crippen LogP contribution in [0.3, 0.4) is 0 Å². The molecule has 0 radical (unpaired) electrons. The predicted molar refractivity (Wildman–Crippen MR) is 83.4 cm³/mol. The molecule has 0 aromatic carbocycles. The zero-order valence-corrected chi connectivity index (χ0v) is 13.1. The monoisotopic (exact) mass is 307 g/mol. The van der Waals surface area contributed by atoms with E-state index in [1.807, 2.05) is 17.9 Å². The van der Waals surface area contributed by atoms with Crippen LogP contribution in [0.2, 0.25) is 0 Å². The number of hydrogen-bond donors (Lipinski definition) is 2. The topological polar surface area (TPSA) is 60.8 Å². The minimum atomic E-state index is -0.171. The maximum Gasteiger partial charge on any atom is 0.263 e. The molecule has 0 bridgehead atoms. The highest BCUT2D eigenvalue weighted by Gasteiger charge is 2.25. The van der Waals surface area contributed by atoms with Gasteiger partial charge in [0, 0.05) is 19.7 Å². The standard InChI is InChI=1S/C16H21NO3S/c1-12-10-15(21-14(12)5-3-8-18)16(20)17-7-2-4-13(11-17)6-9-19/h10,13,18-19H,2,4,6-9,11H2,1H3. The van der Waals surface area contributed by atoms with Crippen molar-refractivity contribution in [3.8, 4) is 11.8 Å². The molecule has 1 atom stereocenters. The van der Waals surface area contributed by atoms with Gasteiger partial charge in [-0.25, -0.2) is 0 Å². The number of carbonyl (C=O) groups is 1. The number of hydrogen-bond acceptors (Lipinski definition) is 4. The van der Waals surface area contributed by atoms with E-state index < -0.39 is 0 Å². The second-order valence-corrected chi connectivity index (χ2v) is 6.41. The Bertz CT molecular complexity index is 554. The molecule has 1 aliphatic rings. The molecular formula is C16H21NO3S. The number of piperidine rings is 1. The zero-order valence-electron chi connectivity index (χ0n) is 12.3. The lowest BCUT2D eigenvalue weighted by Crippen LogP contribution is -2.39. The van der Waals surface area contributed by atoms with E-state index in [4.69, 9.17) is 10.2 Å². The second kappa shape index (κ2) is 7.60. The van der Waals surface area contributed by atoms with Crippen LogP contribution >= 0.6 is 11.3 Å². The number of aliphatic hydroxyl groups is 2. The number of likely N-dealkylation sites (tertiary alicyclic amines) is 1. The average molecular weight is 307 g/mol. The smallest absolute Gasteiger partial charge is 0.263 e. The van der Waals surface area contributed by atoms with E-state index in [0.29, 0.717) is 10.8 Å². The Morgan fingerprint density at radius 2 is 2.33 bits per heavy atom. The summed E-state index contributed by atoms with van der Waals surface area (Å²) in [6.45, 7) is 3.46. The molecule has 0 spiro atoms. The van der Waals surface area contributed by atoms with E-state index in [0.717, 1.165) is 42.8 Å². The van der Waals surface area contributed by atoms with Gasteiger partial charge in [0.05, 0.1) is 9.75 Å². The second-order valence-electron chi connectivity index (χ2n) is 5.35. The highest BCUT2D eigenvalue weighted by molar-refractivity contribution is 7.14. The highest BCUT2D eigenvalue weighted by atomic mass is 32.1. The number of rotatable bonds is 3. The van der Waals surface area contributed by atoms with Crippen molar-refractivity contribution in [1.29, 1.82) is 0 Å². The molecule has 21 heavy (non-hydrogen) atoms. The molecule has 0 aliphatic carbocycles. The highest BCUT2D eigenvalue weighted by Crippen LogP contribution is 2.26. The summed E-state index contributed by atoms with van der Waals surface area (Å²) in [4.78, 5) is 16.0. The third-order valence-electron chi connectivity index (χ3n) is 3.75. The summed E-state index contributed by atoms with van der Waals surface area (Å²) < 4.78 is 0. The first-order valence-electron chi connectivity index (χ1n) is 7.26. The van der Waals surface area contributed by atoms with Crippen molar-refractivity contribution in [2.24, 2.45) is 5.92 Å². The molecule has 1 aromatic heterocycles. The maximum absolute atomic E-state index is 12.6. The summed E-state index contributed by atoms with van der Waals surface area (Å²) in [6.07, 6.45) is 2.85. The molecule has 0 saturated carbocycles. The van der Waals surface area contributed by atoms with Crippen LogP contribution in [-0.4, -0.2) is 47.3 Å². The van der Waals surface area contributed by atoms with Crippen molar-refractivity contribution in [3.05, 3.63) is 21.4 Å². The van der Waals surface area contributed by atoms with Gasteiger partial charge in [-0.15, -0.1) is 11.3 Å². The molecule has 5 heteroatoms. The molecule has 1 fully saturated rings. The van der Waals surface area contributed by atoms with E-state index in [1.165, 1.54) is 11.3 Å². The minimum absolute atomic E-state index is 0.0581. The third-order valence-corrected chi connectivity index (χ3v) is 4.89. The van der Waals surface area contributed by atoms with Crippen LogP contribution in [0.1, 0.15) is 39.4 Å². The molecule has 1 unspecified atom stereocenters. The number of thiophene rings is 1. The maximum atomic E-state index is 12.6. The van der Waals surface area contributed by atoms with Gasteiger partial charge < -0.3 is 15.1 Å². The molecular weight excluding hydrogens is 286 g/mol. The molecule has 1 aromatic rings. The van der Waals surface area contributed by atoms with Crippen LogP contribution in [0, 0.1) is 24.7 Å². The molecule has 2 N–H and O–H groups in total. The summed E-state index contributed by atoms with van der Waals surface area (Å²) >= 11 is 1.39. The zero-order chi connectivity index (χ0) is 15.2. The summed E-state index contributed by atoms with van der Waals surface area (Å²) in [5.74, 6) is 5.97. The fourth-order valence-corrected chi connectivity index (χ4v) is 3.67. The van der Waals surface area contributed by atoms with Gasteiger partial charge in [0.1, 0.15) is 6.61 Å². The molecule has 114 valence electrons. The fraction of sp³-hybridized carbons (Fsp3) is 0.562. The van der Waals surface area contributed by atoms with Gasteiger partial charge in [-0.2, -0.15) is 0 Å². The molecule has 2 rings (SSSR count). The van der Waals surface area contributed by atoms with Gasteiger partial charge in [-0.1, -0.05) is 11.8 Å². The number of carbonyl (C=O) groups excluding carboxylic acids is 1. The van der Waals surface area contributed by atoms with Gasteiger partial charge in [0.25, 0.3) is 5.91 Å². The van der Waals surface area contributed by atoms with Crippen molar-refractivity contribution in [2.75, 3.05) is 26.3 Å². The first kappa shape index (κ1) is 16.0. The van der Waals surface area contributed by atoms with Crippen LogP contribution in [0.15, 0.2) is 6.07 Å². The van der Waals surface area contributed by atoms with E-state index >= 15 is 0 Å². The van der Waals surface area contributed by atoms with E-state index in [2.05, 4.69) is 11.8 Å². The first-order valence-corrected chi connectivity index (χ1v) is 8.07. The quantitative estimate of drug-likeness (QED) is 0.835. The largest absolute Gasteiger partial charge is 0.396 e. The molecule has 1 aliphatic heterocycles. The average Bonchev–Trinajstić information content (AvgIpc) is 2.86. The van der Waals surface area contributed by atoms with Crippen molar-refractivity contribution in [1.82, 2.24) is 4.90 Å². The summed E-state index contributed by atoms with van der Waals surface area (Å²) in [5.41, 5.74) is 0.980. The lowest BCUT2D eigenvalue weighted by molar-refractivity contribution is 0.0658. The van der Waals surface area contributed by atoms with E-state index in [-0.39, 0.29) is 19.1 Å². The fourth-order valence-electron chi connectivity index (χ4n) is 2.65. The third kappa shape index (κ3) is 4.07. The Kier molecular flexibility index (Phi) is 5.80. The molecule has 2 heterocycles. The Morgan fingerprint density at radius 3 is 3.05 bits per heavy atom. The Morgan fingerprint density at radius 1 is 1.52 bits per heavy atom.